The van der Waals surface area contributed by atoms with E-state index < -0.39 is 0 Å². The van der Waals surface area contributed by atoms with Gasteiger partial charge in [-0.1, -0.05) is 109 Å². The second kappa shape index (κ2) is 8.55. The van der Waals surface area contributed by atoms with Gasteiger partial charge in [0.15, 0.2) is 5.82 Å². The Hall–Kier alpha value is -3.75. The molecule has 0 saturated heterocycles. The Morgan fingerprint density at radius 2 is 1.03 bits per heavy atom. The van der Waals surface area contributed by atoms with Crippen LogP contribution in [0.25, 0.3) is 45.0 Å². The van der Waals surface area contributed by atoms with Gasteiger partial charge in [-0.3, -0.25) is 0 Å². The largest absolute Gasteiger partial charge is 0.228 e. The molecule has 5 aromatic rings. The average molecular weight is 419 g/mol. The number of halogens is 1. The van der Waals surface area contributed by atoms with Crippen LogP contribution in [0.15, 0.2) is 115 Å². The van der Waals surface area contributed by atoms with E-state index in [4.69, 9.17) is 21.6 Å². The Kier molecular flexibility index (Phi) is 5.30. The van der Waals surface area contributed by atoms with Crippen LogP contribution in [-0.4, -0.2) is 9.97 Å². The van der Waals surface area contributed by atoms with E-state index in [0.29, 0.717) is 10.8 Å². The van der Waals surface area contributed by atoms with Crippen molar-refractivity contribution < 1.29 is 0 Å². The van der Waals surface area contributed by atoms with Crippen LogP contribution < -0.4 is 0 Å². The van der Waals surface area contributed by atoms with E-state index in [1.165, 1.54) is 0 Å². The van der Waals surface area contributed by atoms with E-state index in [1.54, 1.807) is 0 Å². The van der Waals surface area contributed by atoms with E-state index in [9.17, 15) is 0 Å². The standard InChI is InChI=1S/C28H19ClN2/c29-23-15-9-14-22(18-23)26-19-27(31-28(30-26)21-12-5-2-6-13-21)25-17-8-7-16-24(25)20-10-3-1-4-11-20/h1-19H. The van der Waals surface area contributed by atoms with Crippen LogP contribution >= 0.6 is 11.6 Å². The summed E-state index contributed by atoms with van der Waals surface area (Å²) in [7, 11) is 0. The smallest absolute Gasteiger partial charge is 0.160 e. The summed E-state index contributed by atoms with van der Waals surface area (Å²) in [6.07, 6.45) is 0. The molecule has 3 heteroatoms. The van der Waals surface area contributed by atoms with Gasteiger partial charge >= 0.3 is 0 Å². The topological polar surface area (TPSA) is 25.8 Å². The van der Waals surface area contributed by atoms with Gasteiger partial charge in [0.1, 0.15) is 0 Å². The number of hydrogen-bond donors (Lipinski definition) is 0. The van der Waals surface area contributed by atoms with Gasteiger partial charge < -0.3 is 0 Å². The minimum atomic E-state index is 0.684. The molecule has 2 nitrogen and oxygen atoms in total. The zero-order valence-electron chi connectivity index (χ0n) is 16.7. The van der Waals surface area contributed by atoms with Gasteiger partial charge in [0.2, 0.25) is 0 Å². The Morgan fingerprint density at radius 1 is 0.452 bits per heavy atom. The highest BCUT2D eigenvalue weighted by Gasteiger charge is 2.13. The van der Waals surface area contributed by atoms with Crippen LogP contribution in [0.1, 0.15) is 0 Å². The highest BCUT2D eigenvalue weighted by Crippen LogP contribution is 2.34. The van der Waals surface area contributed by atoms with Crippen molar-refractivity contribution in [1.29, 1.82) is 0 Å². The molecular weight excluding hydrogens is 400 g/mol. The molecule has 148 valence electrons. The monoisotopic (exact) mass is 418 g/mol. The molecule has 1 heterocycles. The van der Waals surface area contributed by atoms with E-state index in [0.717, 1.165) is 39.2 Å². The summed E-state index contributed by atoms with van der Waals surface area (Å²) in [6, 6.07) is 38.6. The number of nitrogens with zero attached hydrogens (tertiary/aromatic N) is 2. The molecule has 0 spiro atoms. The molecule has 31 heavy (non-hydrogen) atoms. The minimum absolute atomic E-state index is 0.684. The van der Waals surface area contributed by atoms with Gasteiger partial charge in [0, 0.05) is 21.7 Å². The molecule has 0 N–H and O–H groups in total. The molecule has 0 aliphatic heterocycles. The molecule has 1 aromatic heterocycles. The predicted molar refractivity (Wildman–Crippen MR) is 129 cm³/mol. The summed E-state index contributed by atoms with van der Waals surface area (Å²) in [4.78, 5) is 9.84. The van der Waals surface area contributed by atoms with Gasteiger partial charge in [-0.25, -0.2) is 9.97 Å². The lowest BCUT2D eigenvalue weighted by Gasteiger charge is -2.13. The first-order valence-electron chi connectivity index (χ1n) is 10.1. The Bertz CT molecular complexity index is 1330. The molecule has 0 aliphatic rings. The molecule has 5 rings (SSSR count). The van der Waals surface area contributed by atoms with Gasteiger partial charge in [-0.05, 0) is 29.3 Å². The van der Waals surface area contributed by atoms with Crippen molar-refractivity contribution in [1.82, 2.24) is 9.97 Å². The summed E-state index contributed by atoms with van der Waals surface area (Å²) in [5.74, 6) is 0.691. The highest BCUT2D eigenvalue weighted by atomic mass is 35.5. The molecule has 0 aliphatic carbocycles. The molecule has 0 radical (unpaired) electrons. The molecule has 0 bridgehead atoms. The third-order valence-electron chi connectivity index (χ3n) is 5.17. The molecule has 0 unspecified atom stereocenters. The van der Waals surface area contributed by atoms with E-state index >= 15 is 0 Å². The van der Waals surface area contributed by atoms with Crippen molar-refractivity contribution in [2.24, 2.45) is 0 Å². The Morgan fingerprint density at radius 3 is 1.74 bits per heavy atom. The molecule has 4 aromatic carbocycles. The third kappa shape index (κ3) is 4.11. The van der Waals surface area contributed by atoms with Crippen LogP contribution in [0.2, 0.25) is 5.02 Å². The number of rotatable bonds is 4. The highest BCUT2D eigenvalue weighted by molar-refractivity contribution is 6.30. The van der Waals surface area contributed by atoms with Crippen molar-refractivity contribution in [3.8, 4) is 45.0 Å². The third-order valence-corrected chi connectivity index (χ3v) is 5.40. The van der Waals surface area contributed by atoms with Crippen molar-refractivity contribution in [3.63, 3.8) is 0 Å². The fraction of sp³-hybridized carbons (Fsp3) is 0. The predicted octanol–water partition coefficient (Wildman–Crippen LogP) is 7.80. The normalized spacial score (nSPS) is 10.7. The van der Waals surface area contributed by atoms with Crippen LogP contribution in [0.5, 0.6) is 0 Å². The lowest BCUT2D eigenvalue weighted by atomic mass is 9.96. The van der Waals surface area contributed by atoms with Crippen LogP contribution in [0.3, 0.4) is 0 Å². The van der Waals surface area contributed by atoms with Crippen molar-refractivity contribution in [2.75, 3.05) is 0 Å². The van der Waals surface area contributed by atoms with Gasteiger partial charge in [0.05, 0.1) is 11.4 Å². The van der Waals surface area contributed by atoms with Gasteiger partial charge in [0.25, 0.3) is 0 Å². The number of aromatic nitrogens is 2. The lowest BCUT2D eigenvalue weighted by molar-refractivity contribution is 1.18. The Labute approximate surface area is 186 Å². The van der Waals surface area contributed by atoms with Crippen LogP contribution in [-0.2, 0) is 0 Å². The average Bonchev–Trinajstić information content (AvgIpc) is 2.85. The lowest BCUT2D eigenvalue weighted by Crippen LogP contribution is -1.97. The fourth-order valence-electron chi connectivity index (χ4n) is 3.67. The molecule has 0 saturated carbocycles. The quantitative estimate of drug-likeness (QED) is 0.297. The fourth-order valence-corrected chi connectivity index (χ4v) is 3.86. The summed E-state index contributed by atoms with van der Waals surface area (Å²) in [5.41, 5.74) is 7.02. The first-order valence-corrected chi connectivity index (χ1v) is 10.5. The van der Waals surface area contributed by atoms with Crippen LogP contribution in [0.4, 0.5) is 0 Å². The number of hydrogen-bond acceptors (Lipinski definition) is 2. The molecule has 0 atom stereocenters. The molecular formula is C28H19ClN2. The first kappa shape index (κ1) is 19.2. The van der Waals surface area contributed by atoms with E-state index in [-0.39, 0.29) is 0 Å². The molecule has 0 fully saturated rings. The van der Waals surface area contributed by atoms with Gasteiger partial charge in [-0.2, -0.15) is 0 Å². The first-order chi connectivity index (χ1) is 15.3. The SMILES string of the molecule is Clc1cccc(-c2cc(-c3ccccc3-c3ccccc3)nc(-c3ccccc3)n2)c1. The van der Waals surface area contributed by atoms with Crippen molar-refractivity contribution in [3.05, 3.63) is 120 Å². The van der Waals surface area contributed by atoms with Crippen LogP contribution in [0, 0.1) is 0 Å². The van der Waals surface area contributed by atoms with E-state index in [2.05, 4.69) is 42.5 Å². The second-order valence-corrected chi connectivity index (χ2v) is 7.69. The summed E-state index contributed by atoms with van der Waals surface area (Å²) < 4.78 is 0. The zero-order valence-corrected chi connectivity index (χ0v) is 17.5. The summed E-state index contributed by atoms with van der Waals surface area (Å²) >= 11 is 6.27. The van der Waals surface area contributed by atoms with E-state index in [1.807, 2.05) is 72.8 Å². The number of benzene rings is 4. The second-order valence-electron chi connectivity index (χ2n) is 7.25. The minimum Gasteiger partial charge on any atom is -0.228 e. The van der Waals surface area contributed by atoms with Gasteiger partial charge in [-0.15, -0.1) is 0 Å². The Balaban J connectivity index is 1.74. The maximum atomic E-state index is 6.27. The van der Waals surface area contributed by atoms with Crippen molar-refractivity contribution in [2.45, 2.75) is 0 Å². The maximum absolute atomic E-state index is 6.27. The van der Waals surface area contributed by atoms with Crippen molar-refractivity contribution >= 4 is 11.6 Å². The maximum Gasteiger partial charge on any atom is 0.160 e. The molecule has 0 amide bonds. The summed E-state index contributed by atoms with van der Waals surface area (Å²) in [6.45, 7) is 0. The zero-order chi connectivity index (χ0) is 21.0. The summed E-state index contributed by atoms with van der Waals surface area (Å²) in [5, 5.41) is 0.684.